The lowest BCUT2D eigenvalue weighted by atomic mass is 9.93. The van der Waals surface area contributed by atoms with E-state index in [-0.39, 0.29) is 5.41 Å². The highest BCUT2D eigenvalue weighted by Gasteiger charge is 2.19. The first kappa shape index (κ1) is 15.2. The van der Waals surface area contributed by atoms with E-state index in [0.717, 1.165) is 29.2 Å². The van der Waals surface area contributed by atoms with Gasteiger partial charge in [0.05, 0.1) is 0 Å². The molecule has 0 aliphatic heterocycles. The Hall–Kier alpha value is -0.880. The van der Waals surface area contributed by atoms with E-state index in [0.29, 0.717) is 0 Å². The number of hydrogen-bond acceptors (Lipinski definition) is 5. The van der Waals surface area contributed by atoms with Gasteiger partial charge in [0.25, 0.3) is 0 Å². The van der Waals surface area contributed by atoms with Gasteiger partial charge >= 0.3 is 0 Å². The Morgan fingerprint density at radius 2 is 1.89 bits per heavy atom. The number of aromatic nitrogens is 2. The van der Waals surface area contributed by atoms with E-state index in [4.69, 9.17) is 0 Å². The van der Waals surface area contributed by atoms with E-state index in [1.807, 2.05) is 7.05 Å². The number of nitrogens with zero attached hydrogens (tertiary/aromatic N) is 3. The van der Waals surface area contributed by atoms with E-state index < -0.39 is 0 Å². The average Bonchev–Trinajstić information content (AvgIpc) is 2.26. The predicted octanol–water partition coefficient (Wildman–Crippen LogP) is 2.28. The van der Waals surface area contributed by atoms with Gasteiger partial charge in [-0.25, -0.2) is 9.97 Å². The van der Waals surface area contributed by atoms with Crippen molar-refractivity contribution in [3.8, 4) is 0 Å². The molecule has 2 N–H and O–H groups in total. The van der Waals surface area contributed by atoms with Crippen LogP contribution in [0.25, 0.3) is 0 Å². The molecule has 0 radical (unpaired) electrons. The van der Waals surface area contributed by atoms with Gasteiger partial charge in [-0.2, -0.15) is 0 Å². The smallest absolute Gasteiger partial charge is 0.145 e. The van der Waals surface area contributed by atoms with Crippen LogP contribution in [0.3, 0.4) is 0 Å². The fourth-order valence-corrected chi connectivity index (χ4v) is 2.45. The fourth-order valence-electron chi connectivity index (χ4n) is 1.90. The number of rotatable bonds is 6. The zero-order valence-corrected chi connectivity index (χ0v) is 13.3. The first-order chi connectivity index (χ1) is 8.35. The van der Waals surface area contributed by atoms with Gasteiger partial charge in [0, 0.05) is 20.1 Å². The molecule has 0 atom stereocenters. The van der Waals surface area contributed by atoms with Crippen molar-refractivity contribution in [1.82, 2.24) is 14.9 Å². The first-order valence-electron chi connectivity index (χ1n) is 5.92. The Balaban J connectivity index is 2.69. The molecule has 1 rings (SSSR count). The van der Waals surface area contributed by atoms with Gasteiger partial charge in [-0.3, -0.25) is 0 Å². The summed E-state index contributed by atoms with van der Waals surface area (Å²) < 4.78 is 0.869. The minimum Gasteiger partial charge on any atom is -0.372 e. The van der Waals surface area contributed by atoms with Gasteiger partial charge < -0.3 is 15.5 Å². The van der Waals surface area contributed by atoms with Crippen LogP contribution >= 0.6 is 15.9 Å². The number of hydrogen-bond donors (Lipinski definition) is 2. The molecule has 0 aliphatic carbocycles. The second-order valence-electron chi connectivity index (χ2n) is 5.39. The molecule has 0 unspecified atom stereocenters. The number of halogens is 1. The average molecular weight is 316 g/mol. The van der Waals surface area contributed by atoms with E-state index in [9.17, 15) is 0 Å². The van der Waals surface area contributed by atoms with Crippen molar-refractivity contribution in [1.29, 1.82) is 0 Å². The number of nitrogens with one attached hydrogen (secondary N) is 2. The molecule has 1 heterocycles. The summed E-state index contributed by atoms with van der Waals surface area (Å²) in [6, 6.07) is 0. The SMILES string of the molecule is CNc1ncnc(NCC(C)(C)CN(C)C)c1Br. The summed E-state index contributed by atoms with van der Waals surface area (Å²) in [5.74, 6) is 1.61. The Bertz CT molecular complexity index is 392. The predicted molar refractivity (Wildman–Crippen MR) is 80.1 cm³/mol. The summed E-state index contributed by atoms with van der Waals surface area (Å²) in [6.45, 7) is 6.33. The molecule has 5 nitrogen and oxygen atoms in total. The van der Waals surface area contributed by atoms with Crippen LogP contribution in [-0.2, 0) is 0 Å². The summed E-state index contributed by atoms with van der Waals surface area (Å²) in [7, 11) is 6.01. The molecule has 0 saturated carbocycles. The standard InChI is InChI=1S/C12H22BrN5/c1-12(2,7-18(4)5)6-15-11-9(13)10(14-3)16-8-17-11/h8H,6-7H2,1-5H3,(H2,14,15,16,17). The van der Waals surface area contributed by atoms with Crippen LogP contribution in [0.15, 0.2) is 10.8 Å². The second-order valence-corrected chi connectivity index (χ2v) is 6.18. The topological polar surface area (TPSA) is 53.1 Å². The monoisotopic (exact) mass is 315 g/mol. The van der Waals surface area contributed by atoms with Gasteiger partial charge in [-0.05, 0) is 35.4 Å². The van der Waals surface area contributed by atoms with Gasteiger partial charge in [0.15, 0.2) is 0 Å². The minimum absolute atomic E-state index is 0.174. The Morgan fingerprint density at radius 1 is 1.28 bits per heavy atom. The van der Waals surface area contributed by atoms with Crippen molar-refractivity contribution < 1.29 is 0 Å². The lowest BCUT2D eigenvalue weighted by Crippen LogP contribution is -2.34. The maximum Gasteiger partial charge on any atom is 0.145 e. The first-order valence-corrected chi connectivity index (χ1v) is 6.72. The number of anilines is 2. The van der Waals surface area contributed by atoms with E-state index in [1.165, 1.54) is 0 Å². The maximum absolute atomic E-state index is 4.25. The Morgan fingerprint density at radius 3 is 2.44 bits per heavy atom. The Kier molecular flexibility index (Phi) is 5.34. The zero-order chi connectivity index (χ0) is 13.8. The maximum atomic E-state index is 4.25. The minimum atomic E-state index is 0.174. The summed E-state index contributed by atoms with van der Waals surface area (Å²) >= 11 is 3.50. The van der Waals surface area contributed by atoms with Crippen molar-refractivity contribution in [2.24, 2.45) is 5.41 Å². The normalized spacial score (nSPS) is 11.7. The van der Waals surface area contributed by atoms with E-state index in [1.54, 1.807) is 6.33 Å². The fraction of sp³-hybridized carbons (Fsp3) is 0.667. The van der Waals surface area contributed by atoms with E-state index >= 15 is 0 Å². The molecule has 0 spiro atoms. The molecular weight excluding hydrogens is 294 g/mol. The van der Waals surface area contributed by atoms with Crippen molar-refractivity contribution in [3.05, 3.63) is 10.8 Å². The summed E-state index contributed by atoms with van der Waals surface area (Å²) in [5, 5.41) is 6.39. The highest BCUT2D eigenvalue weighted by atomic mass is 79.9. The Labute approximate surface area is 118 Å². The van der Waals surface area contributed by atoms with Crippen molar-refractivity contribution >= 4 is 27.6 Å². The van der Waals surface area contributed by atoms with Crippen LogP contribution in [0.4, 0.5) is 11.6 Å². The summed E-state index contributed by atoms with van der Waals surface area (Å²) in [5.41, 5.74) is 0.174. The summed E-state index contributed by atoms with van der Waals surface area (Å²) in [4.78, 5) is 10.6. The van der Waals surface area contributed by atoms with Crippen molar-refractivity contribution in [2.45, 2.75) is 13.8 Å². The zero-order valence-electron chi connectivity index (χ0n) is 11.7. The summed E-state index contributed by atoms with van der Waals surface area (Å²) in [6.07, 6.45) is 1.55. The highest BCUT2D eigenvalue weighted by Crippen LogP contribution is 2.27. The van der Waals surface area contributed by atoms with Gasteiger partial charge in [-0.1, -0.05) is 13.8 Å². The molecule has 1 aromatic heterocycles. The molecule has 102 valence electrons. The third-order valence-corrected chi connectivity index (χ3v) is 3.26. The molecule has 18 heavy (non-hydrogen) atoms. The lowest BCUT2D eigenvalue weighted by molar-refractivity contribution is 0.254. The third kappa shape index (κ3) is 4.42. The highest BCUT2D eigenvalue weighted by molar-refractivity contribution is 9.10. The van der Waals surface area contributed by atoms with E-state index in [2.05, 4.69) is 69.4 Å². The van der Waals surface area contributed by atoms with Crippen LogP contribution in [0.2, 0.25) is 0 Å². The molecule has 1 aromatic rings. The van der Waals surface area contributed by atoms with Gasteiger partial charge in [-0.15, -0.1) is 0 Å². The largest absolute Gasteiger partial charge is 0.372 e. The van der Waals surface area contributed by atoms with Gasteiger partial charge in [0.2, 0.25) is 0 Å². The van der Waals surface area contributed by atoms with Crippen LogP contribution in [0.5, 0.6) is 0 Å². The molecule has 6 heteroatoms. The lowest BCUT2D eigenvalue weighted by Gasteiger charge is -2.28. The van der Waals surface area contributed by atoms with Crippen LogP contribution in [0.1, 0.15) is 13.8 Å². The molecule has 0 aromatic carbocycles. The van der Waals surface area contributed by atoms with Crippen molar-refractivity contribution in [3.63, 3.8) is 0 Å². The van der Waals surface area contributed by atoms with Crippen LogP contribution < -0.4 is 10.6 Å². The molecule has 0 amide bonds. The molecule has 0 bridgehead atoms. The van der Waals surface area contributed by atoms with Crippen molar-refractivity contribution in [2.75, 3.05) is 44.9 Å². The molecular formula is C12H22BrN5. The molecule has 0 saturated heterocycles. The van der Waals surface area contributed by atoms with Crippen LogP contribution in [-0.4, -0.2) is 49.1 Å². The van der Waals surface area contributed by atoms with Gasteiger partial charge in [0.1, 0.15) is 22.4 Å². The second kappa shape index (κ2) is 6.33. The quantitative estimate of drug-likeness (QED) is 0.843. The molecule has 0 aliphatic rings. The van der Waals surface area contributed by atoms with Crippen LogP contribution in [0, 0.1) is 5.41 Å². The third-order valence-electron chi connectivity index (χ3n) is 2.50. The molecule has 0 fully saturated rings.